The Labute approximate surface area is 114 Å². The van der Waals surface area contributed by atoms with E-state index in [0.717, 1.165) is 12.8 Å². The highest BCUT2D eigenvalue weighted by Crippen LogP contribution is 2.20. The number of ketones is 1. The van der Waals surface area contributed by atoms with Gasteiger partial charge >= 0.3 is 0 Å². The van der Waals surface area contributed by atoms with E-state index in [1.165, 1.54) is 0 Å². The number of nitrogens with two attached hydrogens (primary N) is 1. The van der Waals surface area contributed by atoms with Gasteiger partial charge in [-0.15, -0.1) is 0 Å². The van der Waals surface area contributed by atoms with E-state index in [1.807, 2.05) is 25.1 Å². The second-order valence-electron chi connectivity index (χ2n) is 4.63. The van der Waals surface area contributed by atoms with Gasteiger partial charge in [0.25, 0.3) is 0 Å². The molecule has 0 saturated heterocycles. The summed E-state index contributed by atoms with van der Waals surface area (Å²) < 4.78 is 10.5. The van der Waals surface area contributed by atoms with Crippen LogP contribution < -0.4 is 10.5 Å². The second kappa shape index (κ2) is 8.67. The summed E-state index contributed by atoms with van der Waals surface area (Å²) in [6.07, 6.45) is 2.17. The Hall–Kier alpha value is -1.39. The molecule has 0 aliphatic rings. The van der Waals surface area contributed by atoms with Crippen molar-refractivity contribution in [3.63, 3.8) is 0 Å². The Kier molecular flexibility index (Phi) is 7.15. The van der Waals surface area contributed by atoms with Gasteiger partial charge in [0, 0.05) is 19.6 Å². The maximum Gasteiger partial charge on any atom is 0.166 e. The maximum atomic E-state index is 12.1. The number of carbonyl (C=O) groups is 1. The fourth-order valence-electron chi connectivity index (χ4n) is 1.78. The Bertz CT molecular complexity index is 391. The monoisotopic (exact) mass is 265 g/mol. The largest absolute Gasteiger partial charge is 0.490 e. The summed E-state index contributed by atoms with van der Waals surface area (Å²) in [7, 11) is 1.62. The third kappa shape index (κ3) is 5.85. The molecule has 1 aromatic rings. The van der Waals surface area contributed by atoms with Crippen LogP contribution in [-0.4, -0.2) is 32.1 Å². The van der Waals surface area contributed by atoms with Crippen molar-refractivity contribution < 1.29 is 14.3 Å². The number of hydrogen-bond donors (Lipinski definition) is 1. The van der Waals surface area contributed by atoms with E-state index in [9.17, 15) is 4.79 Å². The van der Waals surface area contributed by atoms with E-state index >= 15 is 0 Å². The van der Waals surface area contributed by atoms with Gasteiger partial charge in [-0.1, -0.05) is 12.1 Å². The van der Waals surface area contributed by atoms with Gasteiger partial charge in [0.2, 0.25) is 0 Å². The lowest BCUT2D eigenvalue weighted by Gasteiger charge is -2.10. The molecule has 0 bridgehead atoms. The van der Waals surface area contributed by atoms with Crippen molar-refractivity contribution in [3.8, 4) is 5.75 Å². The van der Waals surface area contributed by atoms with Crippen LogP contribution in [0.15, 0.2) is 24.3 Å². The molecule has 0 radical (unpaired) electrons. The Balaban J connectivity index is 2.57. The lowest BCUT2D eigenvalue weighted by atomic mass is 10.0. The number of benzene rings is 1. The van der Waals surface area contributed by atoms with Crippen LogP contribution in [0.4, 0.5) is 0 Å². The SMILES string of the molecule is COCCOc1ccccc1C(=O)CCCC(C)N. The van der Waals surface area contributed by atoms with Gasteiger partial charge in [0.05, 0.1) is 12.2 Å². The van der Waals surface area contributed by atoms with Gasteiger partial charge in [-0.3, -0.25) is 4.79 Å². The zero-order valence-corrected chi connectivity index (χ0v) is 11.7. The van der Waals surface area contributed by atoms with E-state index in [-0.39, 0.29) is 11.8 Å². The van der Waals surface area contributed by atoms with Crippen molar-refractivity contribution in [3.05, 3.63) is 29.8 Å². The molecule has 1 rings (SSSR count). The van der Waals surface area contributed by atoms with Gasteiger partial charge < -0.3 is 15.2 Å². The zero-order valence-electron chi connectivity index (χ0n) is 11.7. The summed E-state index contributed by atoms with van der Waals surface area (Å²) in [5.41, 5.74) is 6.32. The first kappa shape index (κ1) is 15.7. The van der Waals surface area contributed by atoms with Gasteiger partial charge in [-0.2, -0.15) is 0 Å². The van der Waals surface area contributed by atoms with Crippen LogP contribution in [0.3, 0.4) is 0 Å². The molecule has 0 amide bonds. The fourth-order valence-corrected chi connectivity index (χ4v) is 1.78. The lowest BCUT2D eigenvalue weighted by molar-refractivity contribution is 0.0971. The molecule has 19 heavy (non-hydrogen) atoms. The molecule has 2 N–H and O–H groups in total. The predicted molar refractivity (Wildman–Crippen MR) is 75.6 cm³/mol. The molecule has 0 spiro atoms. The summed E-state index contributed by atoms with van der Waals surface area (Å²) in [4.78, 5) is 12.1. The highest BCUT2D eigenvalue weighted by molar-refractivity contribution is 5.98. The smallest absolute Gasteiger partial charge is 0.166 e. The van der Waals surface area contributed by atoms with Gasteiger partial charge in [0.15, 0.2) is 5.78 Å². The molecule has 4 nitrogen and oxygen atoms in total. The molecule has 0 fully saturated rings. The molecule has 0 saturated carbocycles. The van der Waals surface area contributed by atoms with E-state index in [4.69, 9.17) is 15.2 Å². The second-order valence-corrected chi connectivity index (χ2v) is 4.63. The lowest BCUT2D eigenvalue weighted by Crippen LogP contribution is -2.15. The standard InChI is InChI=1S/C15H23NO3/c1-12(16)6-5-8-14(17)13-7-3-4-9-15(13)19-11-10-18-2/h3-4,7,9,12H,5-6,8,10-11,16H2,1-2H3. The quantitative estimate of drug-likeness (QED) is 0.550. The fraction of sp³-hybridized carbons (Fsp3) is 0.533. The molecular formula is C15H23NO3. The number of Topliss-reactive ketones (excluding diaryl/α,β-unsaturated/α-hetero) is 1. The minimum atomic E-state index is 0.105. The third-order valence-corrected chi connectivity index (χ3v) is 2.80. The van der Waals surface area contributed by atoms with Crippen LogP contribution >= 0.6 is 0 Å². The van der Waals surface area contributed by atoms with Crippen molar-refractivity contribution in [2.75, 3.05) is 20.3 Å². The highest BCUT2D eigenvalue weighted by Gasteiger charge is 2.12. The molecule has 106 valence electrons. The van der Waals surface area contributed by atoms with Crippen molar-refractivity contribution in [2.45, 2.75) is 32.2 Å². The molecule has 1 aromatic carbocycles. The Morgan fingerprint density at radius 1 is 1.32 bits per heavy atom. The van der Waals surface area contributed by atoms with Crippen LogP contribution in [0.25, 0.3) is 0 Å². The van der Waals surface area contributed by atoms with Crippen LogP contribution in [-0.2, 0) is 4.74 Å². The van der Waals surface area contributed by atoms with E-state index in [1.54, 1.807) is 13.2 Å². The molecule has 0 aliphatic carbocycles. The summed E-state index contributed by atoms with van der Waals surface area (Å²) in [5.74, 6) is 0.735. The summed E-state index contributed by atoms with van der Waals surface area (Å²) in [5, 5.41) is 0. The van der Waals surface area contributed by atoms with Crippen molar-refractivity contribution >= 4 is 5.78 Å². The van der Waals surface area contributed by atoms with Crippen LogP contribution in [0.1, 0.15) is 36.5 Å². The van der Waals surface area contributed by atoms with Crippen molar-refractivity contribution in [1.29, 1.82) is 0 Å². The zero-order chi connectivity index (χ0) is 14.1. The van der Waals surface area contributed by atoms with Crippen molar-refractivity contribution in [1.82, 2.24) is 0 Å². The van der Waals surface area contributed by atoms with Gasteiger partial charge in [-0.25, -0.2) is 0 Å². The third-order valence-electron chi connectivity index (χ3n) is 2.80. The topological polar surface area (TPSA) is 61.5 Å². The normalized spacial score (nSPS) is 12.2. The summed E-state index contributed by atoms with van der Waals surface area (Å²) >= 11 is 0. The average molecular weight is 265 g/mol. The molecule has 1 unspecified atom stereocenters. The van der Waals surface area contributed by atoms with Crippen LogP contribution in [0.2, 0.25) is 0 Å². The van der Waals surface area contributed by atoms with Gasteiger partial charge in [-0.05, 0) is 31.9 Å². The average Bonchev–Trinajstić information content (AvgIpc) is 2.39. The molecule has 0 heterocycles. The number of rotatable bonds is 9. The molecule has 1 atom stereocenters. The minimum Gasteiger partial charge on any atom is -0.490 e. The van der Waals surface area contributed by atoms with Gasteiger partial charge in [0.1, 0.15) is 12.4 Å². The van der Waals surface area contributed by atoms with E-state index < -0.39 is 0 Å². The number of carbonyl (C=O) groups excluding carboxylic acids is 1. The first-order chi connectivity index (χ1) is 9.15. The first-order valence-electron chi connectivity index (χ1n) is 6.64. The molecule has 0 aliphatic heterocycles. The molecule has 4 heteroatoms. The van der Waals surface area contributed by atoms with Crippen LogP contribution in [0, 0.1) is 0 Å². The van der Waals surface area contributed by atoms with Crippen LogP contribution in [0.5, 0.6) is 5.75 Å². The number of hydrogen-bond acceptors (Lipinski definition) is 4. The molecule has 0 aromatic heterocycles. The van der Waals surface area contributed by atoms with E-state index in [0.29, 0.717) is 30.9 Å². The summed E-state index contributed by atoms with van der Waals surface area (Å²) in [6.45, 7) is 2.90. The Morgan fingerprint density at radius 2 is 2.05 bits per heavy atom. The summed E-state index contributed by atoms with van der Waals surface area (Å²) in [6, 6.07) is 7.47. The minimum absolute atomic E-state index is 0.105. The predicted octanol–water partition coefficient (Wildman–Crippen LogP) is 2.41. The Morgan fingerprint density at radius 3 is 2.74 bits per heavy atom. The number of ether oxygens (including phenoxy) is 2. The highest BCUT2D eigenvalue weighted by atomic mass is 16.5. The number of methoxy groups -OCH3 is 1. The molecular weight excluding hydrogens is 242 g/mol. The maximum absolute atomic E-state index is 12.1. The first-order valence-corrected chi connectivity index (χ1v) is 6.64. The number of para-hydroxylation sites is 1. The van der Waals surface area contributed by atoms with Crippen molar-refractivity contribution in [2.24, 2.45) is 5.73 Å². The van der Waals surface area contributed by atoms with E-state index in [2.05, 4.69) is 0 Å².